The molecule has 0 aliphatic carbocycles. The lowest BCUT2D eigenvalue weighted by Crippen LogP contribution is -2.53. The van der Waals surface area contributed by atoms with E-state index in [4.69, 9.17) is 9.47 Å². The number of hydrogen-bond donors (Lipinski definition) is 2. The van der Waals surface area contributed by atoms with Gasteiger partial charge in [-0.05, 0) is 19.1 Å². The van der Waals surface area contributed by atoms with Crippen molar-refractivity contribution in [2.24, 2.45) is 0 Å². The number of hydrogen-bond acceptors (Lipinski definition) is 6. The number of amides is 1. The summed E-state index contributed by atoms with van der Waals surface area (Å²) >= 11 is 0. The van der Waals surface area contributed by atoms with E-state index in [1.54, 1.807) is 6.20 Å². The van der Waals surface area contributed by atoms with Gasteiger partial charge in [-0.25, -0.2) is 4.98 Å². The Morgan fingerprint density at radius 1 is 1.29 bits per heavy atom. The number of aromatic nitrogens is 1. The number of morpholine rings is 2. The number of anilines is 2. The van der Waals surface area contributed by atoms with E-state index < -0.39 is 0 Å². The van der Waals surface area contributed by atoms with Gasteiger partial charge in [-0.2, -0.15) is 0 Å². The molecule has 2 N–H and O–H groups in total. The van der Waals surface area contributed by atoms with E-state index in [-0.39, 0.29) is 42.9 Å². The molecule has 1 aromatic rings. The predicted molar refractivity (Wildman–Crippen MR) is 97.6 cm³/mol. The van der Waals surface area contributed by atoms with E-state index in [0.29, 0.717) is 18.8 Å². The lowest BCUT2D eigenvalue weighted by atomic mass is 10.1. The van der Waals surface area contributed by atoms with E-state index in [9.17, 15) is 4.79 Å². The summed E-state index contributed by atoms with van der Waals surface area (Å²) in [5.74, 6) is 0.821. The standard InChI is InChI=1S/C15H22N4O3.2ClH/c1-11-14(16-4-7-22-11)15(20)18-12-2-3-13(17-10-12)19-5-8-21-9-6-19;;/h2-3,10-11,14,16H,4-9H2,1H3,(H,18,20);2*1H/t11-,14+;;/m1../s1. The number of pyridine rings is 1. The van der Waals surface area contributed by atoms with Crippen LogP contribution in [0.15, 0.2) is 18.3 Å². The molecule has 0 aromatic carbocycles. The molecule has 0 radical (unpaired) electrons. The maximum atomic E-state index is 12.3. The maximum Gasteiger partial charge on any atom is 0.244 e. The van der Waals surface area contributed by atoms with Gasteiger partial charge in [0.05, 0.1) is 37.8 Å². The van der Waals surface area contributed by atoms with Gasteiger partial charge in [-0.3, -0.25) is 4.79 Å². The highest BCUT2D eigenvalue weighted by Gasteiger charge is 2.28. The molecule has 136 valence electrons. The minimum Gasteiger partial charge on any atom is -0.378 e. The Kier molecular flexibility index (Phi) is 8.72. The lowest BCUT2D eigenvalue weighted by Gasteiger charge is -2.29. The van der Waals surface area contributed by atoms with Crippen molar-refractivity contribution < 1.29 is 14.3 Å². The first kappa shape index (κ1) is 20.9. The van der Waals surface area contributed by atoms with Crippen LogP contribution in [-0.2, 0) is 14.3 Å². The highest BCUT2D eigenvalue weighted by molar-refractivity contribution is 5.95. The molecule has 1 amide bonds. The molecule has 3 heterocycles. The molecule has 0 spiro atoms. The number of nitrogens with one attached hydrogen (secondary N) is 2. The van der Waals surface area contributed by atoms with Gasteiger partial charge < -0.3 is 25.0 Å². The SMILES string of the molecule is C[C@H]1OCCN[C@@H]1C(=O)Nc1ccc(N2CCOCC2)nc1.Cl.Cl. The van der Waals surface area contributed by atoms with Gasteiger partial charge in [0.15, 0.2) is 0 Å². The average Bonchev–Trinajstić information content (AvgIpc) is 2.57. The second-order valence-electron chi connectivity index (χ2n) is 5.50. The van der Waals surface area contributed by atoms with Crippen molar-refractivity contribution in [3.63, 3.8) is 0 Å². The van der Waals surface area contributed by atoms with Gasteiger partial charge >= 0.3 is 0 Å². The van der Waals surface area contributed by atoms with Crippen molar-refractivity contribution in [2.75, 3.05) is 49.7 Å². The van der Waals surface area contributed by atoms with E-state index in [2.05, 4.69) is 20.5 Å². The molecule has 24 heavy (non-hydrogen) atoms. The average molecular weight is 379 g/mol. The fourth-order valence-electron chi connectivity index (χ4n) is 2.69. The molecular weight excluding hydrogens is 355 g/mol. The summed E-state index contributed by atoms with van der Waals surface area (Å²) in [6.07, 6.45) is 1.56. The summed E-state index contributed by atoms with van der Waals surface area (Å²) in [4.78, 5) is 18.9. The highest BCUT2D eigenvalue weighted by atomic mass is 35.5. The molecule has 1 aromatic heterocycles. The molecule has 0 saturated carbocycles. The van der Waals surface area contributed by atoms with Crippen molar-refractivity contribution in [1.82, 2.24) is 10.3 Å². The number of nitrogens with zero attached hydrogens (tertiary/aromatic N) is 2. The molecule has 2 aliphatic rings. The Morgan fingerprint density at radius 3 is 2.67 bits per heavy atom. The van der Waals surface area contributed by atoms with Gasteiger partial charge in [-0.15, -0.1) is 24.8 Å². The van der Waals surface area contributed by atoms with Crippen LogP contribution in [0.4, 0.5) is 11.5 Å². The molecule has 2 atom stereocenters. The Balaban J connectivity index is 0.00000144. The number of ether oxygens (including phenoxy) is 2. The van der Waals surface area contributed by atoms with Gasteiger partial charge in [0, 0.05) is 19.6 Å². The Morgan fingerprint density at radius 2 is 2.04 bits per heavy atom. The Bertz CT molecular complexity index is 512. The first-order chi connectivity index (χ1) is 10.7. The highest BCUT2D eigenvalue weighted by Crippen LogP contribution is 2.16. The van der Waals surface area contributed by atoms with Gasteiger partial charge in [0.25, 0.3) is 0 Å². The fraction of sp³-hybridized carbons (Fsp3) is 0.600. The van der Waals surface area contributed by atoms with E-state index >= 15 is 0 Å². The first-order valence-electron chi connectivity index (χ1n) is 7.68. The first-order valence-corrected chi connectivity index (χ1v) is 7.68. The zero-order chi connectivity index (χ0) is 15.4. The van der Waals surface area contributed by atoms with E-state index in [0.717, 1.165) is 32.1 Å². The van der Waals surface area contributed by atoms with Crippen LogP contribution in [0.25, 0.3) is 0 Å². The van der Waals surface area contributed by atoms with Crippen LogP contribution < -0.4 is 15.5 Å². The predicted octanol–water partition coefficient (Wildman–Crippen LogP) is 1.08. The normalized spacial score (nSPS) is 23.6. The third-order valence-corrected chi connectivity index (χ3v) is 3.95. The maximum absolute atomic E-state index is 12.3. The smallest absolute Gasteiger partial charge is 0.244 e. The van der Waals surface area contributed by atoms with Crippen LogP contribution in [0.5, 0.6) is 0 Å². The Labute approximate surface area is 154 Å². The topological polar surface area (TPSA) is 75.7 Å². The zero-order valence-corrected chi connectivity index (χ0v) is 15.2. The molecule has 2 aliphatic heterocycles. The van der Waals surface area contributed by atoms with Crippen LogP contribution in [-0.4, -0.2) is 62.5 Å². The van der Waals surface area contributed by atoms with Crippen molar-refractivity contribution in [3.05, 3.63) is 18.3 Å². The second kappa shape index (κ2) is 10.0. The van der Waals surface area contributed by atoms with Crippen LogP contribution in [0.1, 0.15) is 6.92 Å². The molecular formula is C15H24Cl2N4O3. The minimum absolute atomic E-state index is 0. The molecule has 0 bridgehead atoms. The van der Waals surface area contributed by atoms with Crippen LogP contribution in [0.3, 0.4) is 0 Å². The number of carbonyl (C=O) groups excluding carboxylic acids is 1. The van der Waals surface area contributed by atoms with Crippen molar-refractivity contribution in [2.45, 2.75) is 19.1 Å². The zero-order valence-electron chi connectivity index (χ0n) is 13.6. The van der Waals surface area contributed by atoms with E-state index in [1.165, 1.54) is 0 Å². The second-order valence-corrected chi connectivity index (χ2v) is 5.50. The molecule has 2 saturated heterocycles. The quantitative estimate of drug-likeness (QED) is 0.819. The fourth-order valence-corrected chi connectivity index (χ4v) is 2.69. The van der Waals surface area contributed by atoms with Crippen molar-refractivity contribution >= 4 is 42.2 Å². The molecule has 7 nitrogen and oxygen atoms in total. The summed E-state index contributed by atoms with van der Waals surface area (Å²) in [5, 5.41) is 6.06. The van der Waals surface area contributed by atoms with Gasteiger partial charge in [0.1, 0.15) is 11.9 Å². The third-order valence-electron chi connectivity index (χ3n) is 3.95. The number of halogens is 2. The third kappa shape index (κ3) is 5.19. The van der Waals surface area contributed by atoms with Crippen LogP contribution in [0.2, 0.25) is 0 Å². The van der Waals surface area contributed by atoms with Gasteiger partial charge in [-0.1, -0.05) is 0 Å². The summed E-state index contributed by atoms with van der Waals surface area (Å²) in [5.41, 5.74) is 0.696. The monoisotopic (exact) mass is 378 g/mol. The largest absolute Gasteiger partial charge is 0.378 e. The lowest BCUT2D eigenvalue weighted by molar-refractivity contribution is -0.123. The summed E-state index contributed by atoms with van der Waals surface area (Å²) in [6, 6.07) is 3.48. The summed E-state index contributed by atoms with van der Waals surface area (Å²) < 4.78 is 10.8. The van der Waals surface area contributed by atoms with Crippen LogP contribution in [0, 0.1) is 0 Å². The molecule has 2 fully saturated rings. The summed E-state index contributed by atoms with van der Waals surface area (Å²) in [7, 11) is 0. The van der Waals surface area contributed by atoms with E-state index in [1.807, 2.05) is 19.1 Å². The molecule has 3 rings (SSSR count). The molecule has 0 unspecified atom stereocenters. The Hall–Kier alpha value is -1.12. The minimum atomic E-state index is -0.326. The van der Waals surface area contributed by atoms with Gasteiger partial charge in [0.2, 0.25) is 5.91 Å². The van der Waals surface area contributed by atoms with Crippen LogP contribution >= 0.6 is 24.8 Å². The molecule has 9 heteroatoms. The summed E-state index contributed by atoms with van der Waals surface area (Å²) in [6.45, 7) is 6.38. The van der Waals surface area contributed by atoms with Crippen molar-refractivity contribution in [1.29, 1.82) is 0 Å². The number of rotatable bonds is 3. The van der Waals surface area contributed by atoms with Crippen molar-refractivity contribution in [3.8, 4) is 0 Å². The number of carbonyl (C=O) groups is 1.